The Morgan fingerprint density at radius 3 is 2.33 bits per heavy atom. The van der Waals surface area contributed by atoms with Crippen molar-refractivity contribution in [2.45, 2.75) is 58.9 Å². The number of hydrogen-bond donors (Lipinski definition) is 2. The molecule has 2 N–H and O–H groups in total. The first kappa shape index (κ1) is 16.4. The third-order valence-electron chi connectivity index (χ3n) is 3.72. The predicted molar refractivity (Wildman–Crippen MR) is 93.6 cm³/mol. The molecular weight excluding hydrogens is 280 g/mol. The summed E-state index contributed by atoms with van der Waals surface area (Å²) in [5.41, 5.74) is 1.08. The molecule has 118 valence electrons. The predicted octanol–water partition coefficient (Wildman–Crippen LogP) is 3.82. The summed E-state index contributed by atoms with van der Waals surface area (Å²) in [7, 11) is 0. The van der Waals surface area contributed by atoms with Crippen LogP contribution in [0, 0.1) is 6.92 Å². The van der Waals surface area contributed by atoms with Crippen molar-refractivity contribution >= 4 is 23.4 Å². The molecule has 1 aromatic heterocycles. The van der Waals surface area contributed by atoms with E-state index in [2.05, 4.69) is 45.3 Å². The smallest absolute Gasteiger partial charge is 0.138 e. The molecule has 0 saturated carbocycles. The summed E-state index contributed by atoms with van der Waals surface area (Å²) in [6.07, 6.45) is 2.44. The number of thioether (sulfide) groups is 1. The highest BCUT2D eigenvalue weighted by Crippen LogP contribution is 2.28. The average Bonchev–Trinajstić information content (AvgIpc) is 2.43. The minimum Gasteiger partial charge on any atom is -0.370 e. The second kappa shape index (κ2) is 6.86. The van der Waals surface area contributed by atoms with E-state index < -0.39 is 0 Å². The van der Waals surface area contributed by atoms with E-state index in [1.165, 1.54) is 24.3 Å². The lowest BCUT2D eigenvalue weighted by atomic mass is 9.95. The Balaban J connectivity index is 2.30. The van der Waals surface area contributed by atoms with Crippen LogP contribution in [0.25, 0.3) is 0 Å². The minimum absolute atomic E-state index is 0.0449. The van der Waals surface area contributed by atoms with E-state index in [-0.39, 0.29) is 5.41 Å². The lowest BCUT2D eigenvalue weighted by Crippen LogP contribution is -2.27. The highest BCUT2D eigenvalue weighted by molar-refractivity contribution is 7.99. The normalized spacial score (nSPS) is 16.8. The summed E-state index contributed by atoms with van der Waals surface area (Å²) in [5.74, 6) is 5.35. The Kier molecular flexibility index (Phi) is 5.36. The molecular formula is C16H28N4S. The van der Waals surface area contributed by atoms with Crippen LogP contribution < -0.4 is 10.6 Å². The lowest BCUT2D eigenvalue weighted by Gasteiger charge is -2.26. The Hall–Kier alpha value is -0.970. The molecule has 0 aliphatic carbocycles. The maximum atomic E-state index is 4.81. The first-order valence-corrected chi connectivity index (χ1v) is 9.04. The van der Waals surface area contributed by atoms with E-state index in [9.17, 15) is 0 Å². The van der Waals surface area contributed by atoms with Crippen molar-refractivity contribution in [3.8, 4) is 0 Å². The lowest BCUT2D eigenvalue weighted by molar-refractivity contribution is 0.544. The number of rotatable bonds is 4. The van der Waals surface area contributed by atoms with Gasteiger partial charge in [0, 0.05) is 23.6 Å². The number of hydrogen-bond acceptors (Lipinski definition) is 5. The zero-order valence-corrected chi connectivity index (χ0v) is 14.7. The zero-order valence-electron chi connectivity index (χ0n) is 13.9. The van der Waals surface area contributed by atoms with Gasteiger partial charge in [0.15, 0.2) is 0 Å². The van der Waals surface area contributed by atoms with Crippen LogP contribution in [-0.4, -0.2) is 34.1 Å². The topological polar surface area (TPSA) is 49.8 Å². The van der Waals surface area contributed by atoms with Gasteiger partial charge in [0.25, 0.3) is 0 Å². The van der Waals surface area contributed by atoms with Crippen molar-refractivity contribution in [1.29, 1.82) is 0 Å². The SMILES string of the molecule is CCNc1nc(C(C)(C)C)nc(NC2CCSCC2)c1C. The molecule has 4 nitrogen and oxygen atoms in total. The highest BCUT2D eigenvalue weighted by atomic mass is 32.2. The van der Waals surface area contributed by atoms with Crippen molar-refractivity contribution in [3.63, 3.8) is 0 Å². The molecule has 0 unspecified atom stereocenters. The first-order valence-electron chi connectivity index (χ1n) is 7.89. The fourth-order valence-corrected chi connectivity index (χ4v) is 3.47. The highest BCUT2D eigenvalue weighted by Gasteiger charge is 2.22. The van der Waals surface area contributed by atoms with E-state index in [0.717, 1.165) is 29.6 Å². The summed E-state index contributed by atoms with van der Waals surface area (Å²) in [6, 6.07) is 0.544. The molecule has 1 aliphatic heterocycles. The van der Waals surface area contributed by atoms with Crippen molar-refractivity contribution in [2.75, 3.05) is 28.7 Å². The van der Waals surface area contributed by atoms with Gasteiger partial charge in [-0.25, -0.2) is 9.97 Å². The molecule has 0 aromatic carbocycles. The molecule has 1 aliphatic rings. The molecule has 0 amide bonds. The van der Waals surface area contributed by atoms with Gasteiger partial charge in [-0.2, -0.15) is 11.8 Å². The second-order valence-electron chi connectivity index (χ2n) is 6.68. The van der Waals surface area contributed by atoms with Gasteiger partial charge in [0.1, 0.15) is 17.5 Å². The largest absolute Gasteiger partial charge is 0.370 e. The maximum Gasteiger partial charge on any atom is 0.138 e. The standard InChI is InChI=1S/C16H28N4S/c1-6-17-13-11(2)14(18-12-7-9-21-10-8-12)20-15(19-13)16(3,4)5/h12H,6-10H2,1-5H3,(H2,17,18,19,20). The van der Waals surface area contributed by atoms with Crippen LogP contribution >= 0.6 is 11.8 Å². The summed E-state index contributed by atoms with van der Waals surface area (Å²) >= 11 is 2.05. The Morgan fingerprint density at radius 1 is 1.14 bits per heavy atom. The van der Waals surface area contributed by atoms with Crippen molar-refractivity contribution < 1.29 is 0 Å². The summed E-state index contributed by atoms with van der Waals surface area (Å²) in [4.78, 5) is 9.53. The fraction of sp³-hybridized carbons (Fsp3) is 0.750. The molecule has 0 bridgehead atoms. The van der Waals surface area contributed by atoms with Gasteiger partial charge < -0.3 is 10.6 Å². The molecule has 5 heteroatoms. The molecule has 1 fully saturated rings. The van der Waals surface area contributed by atoms with Crippen LogP contribution in [0.2, 0.25) is 0 Å². The van der Waals surface area contributed by atoms with Crippen LogP contribution in [0.4, 0.5) is 11.6 Å². The first-order chi connectivity index (χ1) is 9.91. The third-order valence-corrected chi connectivity index (χ3v) is 4.77. The van der Waals surface area contributed by atoms with Crippen LogP contribution in [0.3, 0.4) is 0 Å². The van der Waals surface area contributed by atoms with Crippen molar-refractivity contribution in [2.24, 2.45) is 0 Å². The third kappa shape index (κ3) is 4.25. The van der Waals surface area contributed by atoms with Gasteiger partial charge in [-0.15, -0.1) is 0 Å². The molecule has 0 radical (unpaired) electrons. The fourth-order valence-electron chi connectivity index (χ4n) is 2.37. The average molecular weight is 308 g/mol. The number of anilines is 2. The zero-order chi connectivity index (χ0) is 15.5. The van der Waals surface area contributed by atoms with Crippen LogP contribution in [-0.2, 0) is 5.41 Å². The monoisotopic (exact) mass is 308 g/mol. The van der Waals surface area contributed by atoms with Gasteiger partial charge in [-0.3, -0.25) is 0 Å². The Bertz CT molecular complexity index is 476. The minimum atomic E-state index is -0.0449. The maximum absolute atomic E-state index is 4.81. The van der Waals surface area contributed by atoms with Gasteiger partial charge in [-0.05, 0) is 38.2 Å². The number of aromatic nitrogens is 2. The molecule has 1 aromatic rings. The molecule has 21 heavy (non-hydrogen) atoms. The summed E-state index contributed by atoms with van der Waals surface area (Å²) < 4.78 is 0. The Morgan fingerprint density at radius 2 is 1.76 bits per heavy atom. The number of nitrogens with zero attached hydrogens (tertiary/aromatic N) is 2. The quantitative estimate of drug-likeness (QED) is 0.885. The summed E-state index contributed by atoms with van der Waals surface area (Å²) in [6.45, 7) is 11.6. The van der Waals surface area contributed by atoms with Gasteiger partial charge in [-0.1, -0.05) is 20.8 Å². The van der Waals surface area contributed by atoms with Crippen molar-refractivity contribution in [3.05, 3.63) is 11.4 Å². The van der Waals surface area contributed by atoms with E-state index in [0.29, 0.717) is 6.04 Å². The van der Waals surface area contributed by atoms with Crippen LogP contribution in [0.15, 0.2) is 0 Å². The molecule has 2 rings (SSSR count). The van der Waals surface area contributed by atoms with E-state index in [4.69, 9.17) is 9.97 Å². The van der Waals surface area contributed by atoms with Crippen LogP contribution in [0.5, 0.6) is 0 Å². The van der Waals surface area contributed by atoms with E-state index in [1.54, 1.807) is 0 Å². The van der Waals surface area contributed by atoms with E-state index >= 15 is 0 Å². The molecule has 1 saturated heterocycles. The van der Waals surface area contributed by atoms with Crippen LogP contribution in [0.1, 0.15) is 51.9 Å². The van der Waals surface area contributed by atoms with Crippen molar-refractivity contribution in [1.82, 2.24) is 9.97 Å². The van der Waals surface area contributed by atoms with Gasteiger partial charge >= 0.3 is 0 Å². The van der Waals surface area contributed by atoms with E-state index in [1.807, 2.05) is 11.8 Å². The number of nitrogens with one attached hydrogen (secondary N) is 2. The van der Waals surface area contributed by atoms with Gasteiger partial charge in [0.2, 0.25) is 0 Å². The molecule has 0 atom stereocenters. The molecule has 0 spiro atoms. The second-order valence-corrected chi connectivity index (χ2v) is 7.91. The summed E-state index contributed by atoms with van der Waals surface area (Å²) in [5, 5.41) is 7.03. The Labute approximate surface area is 132 Å². The van der Waals surface area contributed by atoms with Gasteiger partial charge in [0.05, 0.1) is 0 Å². The molecule has 2 heterocycles.